The highest BCUT2D eigenvalue weighted by Gasteiger charge is 2.16. The molecule has 0 bridgehead atoms. The Morgan fingerprint density at radius 3 is 2.58 bits per heavy atom. The van der Waals surface area contributed by atoms with Crippen molar-refractivity contribution in [1.29, 1.82) is 0 Å². The Kier molecular flexibility index (Phi) is 4.33. The van der Waals surface area contributed by atoms with Crippen molar-refractivity contribution in [2.75, 3.05) is 5.32 Å². The summed E-state index contributed by atoms with van der Waals surface area (Å²) in [6.45, 7) is 0.0715. The molecular formula is C19H14ClN5O. The summed E-state index contributed by atoms with van der Waals surface area (Å²) in [4.78, 5) is 25.6. The molecular weight excluding hydrogens is 350 g/mol. The number of nitrogens with zero attached hydrogens (tertiary/aromatic N) is 4. The quantitative estimate of drug-likeness (QED) is 0.598. The van der Waals surface area contributed by atoms with E-state index in [1.807, 2.05) is 30.3 Å². The summed E-state index contributed by atoms with van der Waals surface area (Å²) in [5.74, 6) is 0.957. The molecule has 1 aromatic carbocycles. The van der Waals surface area contributed by atoms with E-state index in [2.05, 4.69) is 20.3 Å². The zero-order chi connectivity index (χ0) is 17.9. The van der Waals surface area contributed by atoms with E-state index in [0.29, 0.717) is 22.3 Å². The highest BCUT2D eigenvalue weighted by atomic mass is 35.5. The van der Waals surface area contributed by atoms with Gasteiger partial charge in [0.15, 0.2) is 5.65 Å². The van der Waals surface area contributed by atoms with Gasteiger partial charge < -0.3 is 5.32 Å². The zero-order valence-corrected chi connectivity index (χ0v) is 14.4. The molecule has 1 N–H and O–H groups in total. The van der Waals surface area contributed by atoms with E-state index in [1.165, 1.54) is 0 Å². The van der Waals surface area contributed by atoms with Gasteiger partial charge in [-0.05, 0) is 48.5 Å². The van der Waals surface area contributed by atoms with Crippen LogP contribution in [0.3, 0.4) is 0 Å². The fraction of sp³-hybridized carbons (Fsp3) is 0.0526. The van der Waals surface area contributed by atoms with Gasteiger partial charge in [0.25, 0.3) is 0 Å². The number of nitrogens with one attached hydrogen (secondary N) is 1. The summed E-state index contributed by atoms with van der Waals surface area (Å²) in [5.41, 5.74) is 2.23. The lowest BCUT2D eigenvalue weighted by molar-refractivity contribution is -0.116. The lowest BCUT2D eigenvalue weighted by Crippen LogP contribution is -2.20. The Morgan fingerprint density at radius 2 is 1.81 bits per heavy atom. The molecule has 0 atom stereocenters. The standard InChI is InChI=1S/C19H14ClN5O/c20-14-8-6-13(7-9-14)18-23-15-4-3-11-22-19(15)25(18)12-17(26)24-16-5-1-2-10-21-16/h1-11H,12H2,(H,21,24,26). The number of imidazole rings is 1. The molecule has 0 saturated carbocycles. The van der Waals surface area contributed by atoms with Gasteiger partial charge in [0.1, 0.15) is 23.7 Å². The van der Waals surface area contributed by atoms with Crippen molar-refractivity contribution in [2.45, 2.75) is 6.54 Å². The molecule has 4 aromatic rings. The first-order valence-electron chi connectivity index (χ1n) is 7.99. The van der Waals surface area contributed by atoms with Crippen molar-refractivity contribution in [3.05, 3.63) is 72.0 Å². The van der Waals surface area contributed by atoms with Crippen LogP contribution in [0.2, 0.25) is 5.02 Å². The summed E-state index contributed by atoms with van der Waals surface area (Å²) in [6.07, 6.45) is 3.31. The number of pyridine rings is 2. The lowest BCUT2D eigenvalue weighted by Gasteiger charge is -2.09. The maximum atomic E-state index is 12.5. The third kappa shape index (κ3) is 3.27. The number of carbonyl (C=O) groups excluding carboxylic acids is 1. The van der Waals surface area contributed by atoms with Gasteiger partial charge in [0.05, 0.1) is 0 Å². The zero-order valence-electron chi connectivity index (χ0n) is 13.6. The van der Waals surface area contributed by atoms with Gasteiger partial charge in [-0.25, -0.2) is 15.0 Å². The first-order valence-corrected chi connectivity index (χ1v) is 8.36. The van der Waals surface area contributed by atoms with Gasteiger partial charge in [0, 0.05) is 23.0 Å². The summed E-state index contributed by atoms with van der Waals surface area (Å²) >= 11 is 5.98. The molecule has 0 saturated heterocycles. The Morgan fingerprint density at radius 1 is 1.00 bits per heavy atom. The summed E-state index contributed by atoms with van der Waals surface area (Å²) in [5, 5.41) is 3.43. The number of aromatic nitrogens is 4. The SMILES string of the molecule is O=C(Cn1c(-c2ccc(Cl)cc2)nc2cccnc21)Nc1ccccn1. The van der Waals surface area contributed by atoms with Gasteiger partial charge in [-0.2, -0.15) is 0 Å². The molecule has 0 radical (unpaired) electrons. The van der Waals surface area contributed by atoms with Crippen LogP contribution in [0.25, 0.3) is 22.6 Å². The molecule has 0 aliphatic carbocycles. The second-order valence-corrected chi connectivity index (χ2v) is 6.07. The highest BCUT2D eigenvalue weighted by molar-refractivity contribution is 6.30. The van der Waals surface area contributed by atoms with Crippen molar-refractivity contribution in [3.8, 4) is 11.4 Å². The second kappa shape index (κ2) is 6.93. The lowest BCUT2D eigenvalue weighted by atomic mass is 10.2. The van der Waals surface area contributed by atoms with Crippen molar-refractivity contribution in [3.63, 3.8) is 0 Å². The van der Waals surface area contributed by atoms with Crippen LogP contribution in [0.1, 0.15) is 0 Å². The fourth-order valence-electron chi connectivity index (χ4n) is 2.69. The van der Waals surface area contributed by atoms with Crippen LogP contribution in [0, 0.1) is 0 Å². The Hall–Kier alpha value is -3.25. The van der Waals surface area contributed by atoms with Crippen LogP contribution in [-0.2, 0) is 11.3 Å². The van der Waals surface area contributed by atoms with Gasteiger partial charge in [-0.15, -0.1) is 0 Å². The van der Waals surface area contributed by atoms with Gasteiger partial charge >= 0.3 is 0 Å². The number of halogens is 1. The van der Waals surface area contributed by atoms with E-state index in [1.54, 1.807) is 41.2 Å². The molecule has 26 heavy (non-hydrogen) atoms. The molecule has 0 aliphatic heterocycles. The fourth-order valence-corrected chi connectivity index (χ4v) is 2.82. The minimum atomic E-state index is -0.205. The van der Waals surface area contributed by atoms with Crippen LogP contribution in [0.5, 0.6) is 0 Å². The van der Waals surface area contributed by atoms with E-state index in [-0.39, 0.29) is 12.5 Å². The van der Waals surface area contributed by atoms with Gasteiger partial charge in [-0.1, -0.05) is 17.7 Å². The molecule has 0 unspecified atom stereocenters. The maximum Gasteiger partial charge on any atom is 0.245 e. The minimum absolute atomic E-state index is 0.0715. The number of carbonyl (C=O) groups is 1. The number of hydrogen-bond acceptors (Lipinski definition) is 4. The van der Waals surface area contributed by atoms with E-state index < -0.39 is 0 Å². The molecule has 6 nitrogen and oxygen atoms in total. The van der Waals surface area contributed by atoms with Crippen LogP contribution >= 0.6 is 11.6 Å². The first-order chi connectivity index (χ1) is 12.7. The number of fused-ring (bicyclic) bond motifs is 1. The largest absolute Gasteiger partial charge is 0.309 e. The molecule has 7 heteroatoms. The molecule has 0 fully saturated rings. The monoisotopic (exact) mass is 363 g/mol. The molecule has 0 spiro atoms. The number of benzene rings is 1. The Balaban J connectivity index is 1.72. The average Bonchev–Trinajstić information content (AvgIpc) is 3.02. The predicted octanol–water partition coefficient (Wildman–Crippen LogP) is 3.79. The Bertz CT molecular complexity index is 1060. The predicted molar refractivity (Wildman–Crippen MR) is 101 cm³/mol. The topological polar surface area (TPSA) is 72.7 Å². The van der Waals surface area contributed by atoms with E-state index in [0.717, 1.165) is 11.1 Å². The molecule has 0 aliphatic rings. The van der Waals surface area contributed by atoms with E-state index >= 15 is 0 Å². The van der Waals surface area contributed by atoms with Crippen LogP contribution in [-0.4, -0.2) is 25.4 Å². The number of anilines is 1. The second-order valence-electron chi connectivity index (χ2n) is 5.64. The normalized spacial score (nSPS) is 10.8. The molecule has 1 amide bonds. The van der Waals surface area contributed by atoms with Gasteiger partial charge in [-0.3, -0.25) is 9.36 Å². The number of amides is 1. The van der Waals surface area contributed by atoms with E-state index in [4.69, 9.17) is 11.6 Å². The van der Waals surface area contributed by atoms with Crippen LogP contribution in [0.15, 0.2) is 67.0 Å². The maximum absolute atomic E-state index is 12.5. The highest BCUT2D eigenvalue weighted by Crippen LogP contribution is 2.25. The smallest absolute Gasteiger partial charge is 0.245 e. The third-order valence-electron chi connectivity index (χ3n) is 3.84. The molecule has 3 heterocycles. The first kappa shape index (κ1) is 16.2. The third-order valence-corrected chi connectivity index (χ3v) is 4.09. The van der Waals surface area contributed by atoms with Crippen molar-refractivity contribution in [2.24, 2.45) is 0 Å². The van der Waals surface area contributed by atoms with Gasteiger partial charge in [0.2, 0.25) is 5.91 Å². The van der Waals surface area contributed by atoms with Crippen molar-refractivity contribution in [1.82, 2.24) is 19.5 Å². The summed E-state index contributed by atoms with van der Waals surface area (Å²) < 4.78 is 1.79. The Labute approximate surface area is 154 Å². The summed E-state index contributed by atoms with van der Waals surface area (Å²) in [7, 11) is 0. The van der Waals surface area contributed by atoms with Crippen molar-refractivity contribution < 1.29 is 4.79 Å². The van der Waals surface area contributed by atoms with Crippen molar-refractivity contribution >= 4 is 34.5 Å². The molecule has 4 rings (SSSR count). The van der Waals surface area contributed by atoms with Crippen LogP contribution in [0.4, 0.5) is 5.82 Å². The average molecular weight is 364 g/mol. The molecule has 3 aromatic heterocycles. The van der Waals surface area contributed by atoms with Crippen LogP contribution < -0.4 is 5.32 Å². The minimum Gasteiger partial charge on any atom is -0.309 e. The number of rotatable bonds is 4. The summed E-state index contributed by atoms with van der Waals surface area (Å²) in [6, 6.07) is 16.4. The molecule has 128 valence electrons. The van der Waals surface area contributed by atoms with E-state index in [9.17, 15) is 4.79 Å². The number of hydrogen-bond donors (Lipinski definition) is 1.